The van der Waals surface area contributed by atoms with Crippen molar-refractivity contribution in [3.8, 4) is 0 Å². The van der Waals surface area contributed by atoms with Crippen molar-refractivity contribution < 1.29 is 0 Å². The summed E-state index contributed by atoms with van der Waals surface area (Å²) < 4.78 is 0. The third-order valence-electron chi connectivity index (χ3n) is 4.89. The molecule has 0 saturated heterocycles. The third-order valence-corrected chi connectivity index (χ3v) is 4.89. The van der Waals surface area contributed by atoms with Crippen molar-refractivity contribution >= 4 is 0 Å². The van der Waals surface area contributed by atoms with E-state index in [-0.39, 0.29) is 0 Å². The maximum Gasteiger partial charge on any atom is -0.00258 e. The fraction of sp³-hybridized carbons (Fsp3) is 0.280. The zero-order valence-corrected chi connectivity index (χ0v) is 15.4. The zero-order valence-electron chi connectivity index (χ0n) is 15.4. The van der Waals surface area contributed by atoms with Gasteiger partial charge in [0.15, 0.2) is 0 Å². The van der Waals surface area contributed by atoms with Gasteiger partial charge in [0.05, 0.1) is 0 Å². The molecular weight excluding hydrogens is 300 g/mol. The van der Waals surface area contributed by atoms with E-state index < -0.39 is 0 Å². The summed E-state index contributed by atoms with van der Waals surface area (Å²) >= 11 is 0. The second-order valence-electron chi connectivity index (χ2n) is 7.81. The molecule has 0 aliphatic carbocycles. The van der Waals surface area contributed by atoms with E-state index in [2.05, 4.69) is 98.8 Å². The maximum atomic E-state index is 2.38. The summed E-state index contributed by atoms with van der Waals surface area (Å²) in [6, 6.07) is 30.7. The number of benzene rings is 3. The van der Waals surface area contributed by atoms with Crippen molar-refractivity contribution in [1.29, 1.82) is 0 Å². The first-order valence-corrected chi connectivity index (χ1v) is 9.26. The minimum atomic E-state index is 0.323. The SMILES string of the molecule is CC(C)(CCc1ccc(Cc2ccccc2)cc1)Cc1ccccc1. The summed E-state index contributed by atoms with van der Waals surface area (Å²) in [4.78, 5) is 0. The highest BCUT2D eigenvalue weighted by molar-refractivity contribution is 5.29. The molecule has 0 heterocycles. The van der Waals surface area contributed by atoms with E-state index >= 15 is 0 Å². The summed E-state index contributed by atoms with van der Waals surface area (Å²) in [5.74, 6) is 0. The van der Waals surface area contributed by atoms with Crippen LogP contribution in [0.2, 0.25) is 0 Å². The highest BCUT2D eigenvalue weighted by atomic mass is 14.2. The smallest absolute Gasteiger partial charge is 0.00258 e. The molecule has 0 nitrogen and oxygen atoms in total. The largest absolute Gasteiger partial charge is 0.0622 e. The second-order valence-corrected chi connectivity index (χ2v) is 7.81. The van der Waals surface area contributed by atoms with Gasteiger partial charge in [0, 0.05) is 0 Å². The Labute approximate surface area is 152 Å². The zero-order chi connectivity index (χ0) is 17.5. The Morgan fingerprint density at radius 3 is 1.64 bits per heavy atom. The molecule has 0 heteroatoms. The molecule has 0 saturated carbocycles. The van der Waals surface area contributed by atoms with Gasteiger partial charge in [0.2, 0.25) is 0 Å². The molecule has 0 atom stereocenters. The van der Waals surface area contributed by atoms with Gasteiger partial charge in [-0.05, 0) is 53.4 Å². The van der Waals surface area contributed by atoms with Gasteiger partial charge in [-0.3, -0.25) is 0 Å². The first-order valence-electron chi connectivity index (χ1n) is 9.26. The Hall–Kier alpha value is -2.34. The van der Waals surface area contributed by atoms with Crippen LogP contribution >= 0.6 is 0 Å². The average molecular weight is 328 g/mol. The van der Waals surface area contributed by atoms with E-state index in [9.17, 15) is 0 Å². The summed E-state index contributed by atoms with van der Waals surface area (Å²) in [7, 11) is 0. The van der Waals surface area contributed by atoms with Crippen LogP contribution in [-0.4, -0.2) is 0 Å². The van der Waals surface area contributed by atoms with Crippen LogP contribution in [0.25, 0.3) is 0 Å². The van der Waals surface area contributed by atoms with Gasteiger partial charge < -0.3 is 0 Å². The molecule has 0 aliphatic heterocycles. The quantitative estimate of drug-likeness (QED) is 0.465. The minimum absolute atomic E-state index is 0.323. The van der Waals surface area contributed by atoms with Gasteiger partial charge in [-0.25, -0.2) is 0 Å². The van der Waals surface area contributed by atoms with Crippen LogP contribution < -0.4 is 0 Å². The van der Waals surface area contributed by atoms with Crippen molar-refractivity contribution in [2.75, 3.05) is 0 Å². The maximum absolute atomic E-state index is 2.38. The van der Waals surface area contributed by atoms with Crippen LogP contribution in [0.1, 0.15) is 42.5 Å². The molecule has 0 fully saturated rings. The molecule has 128 valence electrons. The Morgan fingerprint density at radius 2 is 1.04 bits per heavy atom. The fourth-order valence-electron chi connectivity index (χ4n) is 3.37. The lowest BCUT2D eigenvalue weighted by Gasteiger charge is -2.25. The van der Waals surface area contributed by atoms with E-state index in [0.717, 1.165) is 19.3 Å². The van der Waals surface area contributed by atoms with Gasteiger partial charge >= 0.3 is 0 Å². The predicted molar refractivity (Wildman–Crippen MR) is 108 cm³/mol. The van der Waals surface area contributed by atoms with E-state index in [1.165, 1.54) is 28.7 Å². The monoisotopic (exact) mass is 328 g/mol. The summed E-state index contributed by atoms with van der Waals surface area (Å²) in [5, 5.41) is 0. The number of hydrogen-bond donors (Lipinski definition) is 0. The first kappa shape index (κ1) is 17.5. The van der Waals surface area contributed by atoms with Gasteiger partial charge in [0.25, 0.3) is 0 Å². The summed E-state index contributed by atoms with van der Waals surface area (Å²) in [5.41, 5.74) is 5.96. The molecule has 3 aromatic rings. The molecule has 0 aliphatic rings. The van der Waals surface area contributed by atoms with Crippen LogP contribution in [-0.2, 0) is 19.3 Å². The van der Waals surface area contributed by atoms with E-state index in [4.69, 9.17) is 0 Å². The van der Waals surface area contributed by atoms with E-state index in [1.54, 1.807) is 0 Å². The molecule has 0 N–H and O–H groups in total. The van der Waals surface area contributed by atoms with Crippen LogP contribution in [0, 0.1) is 5.41 Å². The summed E-state index contributed by atoms with van der Waals surface area (Å²) in [6.07, 6.45) is 4.51. The first-order chi connectivity index (χ1) is 12.1. The van der Waals surface area contributed by atoms with Gasteiger partial charge in [0.1, 0.15) is 0 Å². The molecule has 0 spiro atoms. The molecule has 3 rings (SSSR count). The topological polar surface area (TPSA) is 0 Å². The average Bonchev–Trinajstić information content (AvgIpc) is 2.63. The van der Waals surface area contributed by atoms with Crippen molar-refractivity contribution in [2.24, 2.45) is 5.41 Å². The Kier molecular flexibility index (Phi) is 5.71. The van der Waals surface area contributed by atoms with Crippen LogP contribution in [0.3, 0.4) is 0 Å². The standard InChI is InChI=1S/C25H28/c1-25(2,20-24-11-7-4-8-12-24)18-17-21-13-15-23(16-14-21)19-22-9-5-3-6-10-22/h3-16H,17-20H2,1-2H3. The fourth-order valence-corrected chi connectivity index (χ4v) is 3.37. The Morgan fingerprint density at radius 1 is 0.560 bits per heavy atom. The lowest BCUT2D eigenvalue weighted by atomic mass is 9.80. The van der Waals surface area contributed by atoms with Crippen molar-refractivity contribution in [2.45, 2.75) is 39.5 Å². The second kappa shape index (κ2) is 8.16. The highest BCUT2D eigenvalue weighted by Crippen LogP contribution is 2.28. The Bertz CT molecular complexity index is 752. The highest BCUT2D eigenvalue weighted by Gasteiger charge is 2.18. The molecular formula is C25H28. The summed E-state index contributed by atoms with van der Waals surface area (Å²) in [6.45, 7) is 4.76. The molecule has 0 aromatic heterocycles. The molecule has 0 bridgehead atoms. The molecule has 0 radical (unpaired) electrons. The van der Waals surface area contributed by atoms with Gasteiger partial charge in [-0.2, -0.15) is 0 Å². The Balaban J connectivity index is 1.54. The number of aryl methyl sites for hydroxylation is 1. The molecule has 0 unspecified atom stereocenters. The van der Waals surface area contributed by atoms with Gasteiger partial charge in [-0.15, -0.1) is 0 Å². The van der Waals surface area contributed by atoms with Crippen molar-refractivity contribution in [1.82, 2.24) is 0 Å². The lowest BCUT2D eigenvalue weighted by Crippen LogP contribution is -2.16. The molecule has 25 heavy (non-hydrogen) atoms. The van der Waals surface area contributed by atoms with Crippen LogP contribution in [0.15, 0.2) is 84.9 Å². The van der Waals surface area contributed by atoms with Crippen LogP contribution in [0.5, 0.6) is 0 Å². The normalized spacial score (nSPS) is 11.4. The minimum Gasteiger partial charge on any atom is -0.0622 e. The predicted octanol–water partition coefficient (Wildman–Crippen LogP) is 6.48. The van der Waals surface area contributed by atoms with E-state index in [0.29, 0.717) is 5.41 Å². The molecule has 3 aromatic carbocycles. The lowest BCUT2D eigenvalue weighted by molar-refractivity contribution is 0.333. The van der Waals surface area contributed by atoms with Crippen LogP contribution in [0.4, 0.5) is 0 Å². The van der Waals surface area contributed by atoms with Crippen molar-refractivity contribution in [3.05, 3.63) is 107 Å². The molecule has 0 amide bonds. The number of hydrogen-bond acceptors (Lipinski definition) is 0. The van der Waals surface area contributed by atoms with Gasteiger partial charge in [-0.1, -0.05) is 98.8 Å². The van der Waals surface area contributed by atoms with Crippen molar-refractivity contribution in [3.63, 3.8) is 0 Å². The van der Waals surface area contributed by atoms with E-state index in [1.807, 2.05) is 0 Å². The third kappa shape index (κ3) is 5.60. The number of rotatable bonds is 7.